The third-order valence-electron chi connectivity index (χ3n) is 4.55. The summed E-state index contributed by atoms with van der Waals surface area (Å²) in [4.78, 5) is 19.4. The molecule has 2 aromatic rings. The summed E-state index contributed by atoms with van der Waals surface area (Å²) in [6, 6.07) is 2.19. The molecule has 1 N–H and O–H groups in total. The molecule has 0 aliphatic carbocycles. The number of hydrogen-bond donors (Lipinski definition) is 1. The first kappa shape index (κ1) is 15.9. The average molecular weight is 315 g/mol. The van der Waals surface area contributed by atoms with Crippen molar-refractivity contribution in [1.82, 2.24) is 25.0 Å². The number of nitrogens with zero attached hydrogens (tertiary/aromatic N) is 4. The number of pyridine rings is 1. The van der Waals surface area contributed by atoms with Gasteiger partial charge in [-0.15, -0.1) is 0 Å². The molecule has 23 heavy (non-hydrogen) atoms. The monoisotopic (exact) mass is 315 g/mol. The lowest BCUT2D eigenvalue weighted by Gasteiger charge is -2.18. The smallest absolute Gasteiger partial charge is 0.255 e. The van der Waals surface area contributed by atoms with Crippen LogP contribution in [0.15, 0.2) is 12.3 Å². The zero-order chi connectivity index (χ0) is 16.6. The van der Waals surface area contributed by atoms with Crippen LogP contribution in [0, 0.1) is 12.8 Å². The van der Waals surface area contributed by atoms with Crippen LogP contribution in [0.5, 0.6) is 0 Å². The molecule has 0 bridgehead atoms. The van der Waals surface area contributed by atoms with Gasteiger partial charge in [-0.25, -0.2) is 9.67 Å². The Labute approximate surface area is 136 Å². The van der Waals surface area contributed by atoms with E-state index in [-0.39, 0.29) is 11.9 Å². The van der Waals surface area contributed by atoms with Gasteiger partial charge < -0.3 is 10.2 Å². The summed E-state index contributed by atoms with van der Waals surface area (Å²) in [5.41, 5.74) is 2.33. The number of likely N-dealkylation sites (tertiary alicyclic amines) is 1. The Kier molecular flexibility index (Phi) is 4.35. The van der Waals surface area contributed by atoms with Crippen molar-refractivity contribution in [2.24, 2.45) is 5.92 Å². The number of carbonyl (C=O) groups is 1. The van der Waals surface area contributed by atoms with Gasteiger partial charge in [0.25, 0.3) is 5.91 Å². The maximum Gasteiger partial charge on any atom is 0.255 e. The van der Waals surface area contributed by atoms with Gasteiger partial charge in [-0.3, -0.25) is 4.79 Å². The van der Waals surface area contributed by atoms with Crippen molar-refractivity contribution in [1.29, 1.82) is 0 Å². The zero-order valence-corrected chi connectivity index (χ0v) is 14.3. The van der Waals surface area contributed by atoms with Gasteiger partial charge in [-0.2, -0.15) is 5.10 Å². The van der Waals surface area contributed by atoms with E-state index in [0.29, 0.717) is 11.5 Å². The van der Waals surface area contributed by atoms with Crippen molar-refractivity contribution in [3.63, 3.8) is 0 Å². The second-order valence-electron chi connectivity index (χ2n) is 6.68. The first-order chi connectivity index (χ1) is 11.0. The van der Waals surface area contributed by atoms with Crippen LogP contribution < -0.4 is 5.32 Å². The molecule has 1 unspecified atom stereocenters. The topological polar surface area (TPSA) is 63.1 Å². The van der Waals surface area contributed by atoms with E-state index >= 15 is 0 Å². The highest BCUT2D eigenvalue weighted by molar-refractivity contribution is 5.98. The summed E-state index contributed by atoms with van der Waals surface area (Å²) in [6.07, 6.45) is 2.86. The lowest BCUT2D eigenvalue weighted by Crippen LogP contribution is -2.31. The minimum atomic E-state index is 0.0906. The average Bonchev–Trinajstić information content (AvgIpc) is 3.12. The van der Waals surface area contributed by atoms with Crippen LogP contribution in [-0.2, 0) is 0 Å². The third-order valence-corrected chi connectivity index (χ3v) is 4.55. The quantitative estimate of drug-likeness (QED) is 0.937. The molecule has 1 aliphatic rings. The number of nitrogens with one attached hydrogen (secondary N) is 1. The van der Waals surface area contributed by atoms with E-state index in [1.54, 1.807) is 6.20 Å². The van der Waals surface area contributed by atoms with Gasteiger partial charge in [0.1, 0.15) is 0 Å². The molecular weight excluding hydrogens is 290 g/mol. The van der Waals surface area contributed by atoms with E-state index in [0.717, 1.165) is 42.8 Å². The predicted octanol–water partition coefficient (Wildman–Crippen LogP) is 2.00. The van der Waals surface area contributed by atoms with Crippen LogP contribution in [0.4, 0.5) is 0 Å². The van der Waals surface area contributed by atoms with Crippen molar-refractivity contribution in [3.8, 4) is 0 Å². The van der Waals surface area contributed by atoms with Crippen molar-refractivity contribution >= 4 is 16.9 Å². The molecule has 0 aromatic carbocycles. The molecule has 1 amide bonds. The Bertz CT molecular complexity index is 721. The second kappa shape index (κ2) is 6.28. The number of aromatic nitrogens is 3. The molecule has 1 fully saturated rings. The first-order valence-corrected chi connectivity index (χ1v) is 8.30. The zero-order valence-electron chi connectivity index (χ0n) is 14.3. The van der Waals surface area contributed by atoms with E-state index < -0.39 is 0 Å². The Morgan fingerprint density at radius 3 is 2.96 bits per heavy atom. The van der Waals surface area contributed by atoms with E-state index in [4.69, 9.17) is 0 Å². The molecule has 6 heteroatoms. The number of amides is 1. The van der Waals surface area contributed by atoms with Crippen LogP contribution in [0.2, 0.25) is 0 Å². The van der Waals surface area contributed by atoms with Gasteiger partial charge in [-0.05, 0) is 52.8 Å². The highest BCUT2D eigenvalue weighted by atomic mass is 16.2. The number of carbonyl (C=O) groups excluding carboxylic acids is 1. The molecule has 124 valence electrons. The van der Waals surface area contributed by atoms with Gasteiger partial charge in [0.05, 0.1) is 17.5 Å². The minimum Gasteiger partial charge on any atom is -0.338 e. The molecule has 0 spiro atoms. The minimum absolute atomic E-state index is 0.0906. The third kappa shape index (κ3) is 2.95. The van der Waals surface area contributed by atoms with Crippen molar-refractivity contribution in [2.75, 3.05) is 26.7 Å². The largest absolute Gasteiger partial charge is 0.338 e. The fraction of sp³-hybridized carbons (Fsp3) is 0.588. The molecule has 6 nitrogen and oxygen atoms in total. The van der Waals surface area contributed by atoms with E-state index in [1.807, 2.05) is 29.6 Å². The number of rotatable bonds is 4. The van der Waals surface area contributed by atoms with Crippen LogP contribution in [0.3, 0.4) is 0 Å². The van der Waals surface area contributed by atoms with Gasteiger partial charge in [0.15, 0.2) is 5.65 Å². The van der Waals surface area contributed by atoms with Crippen LogP contribution >= 0.6 is 0 Å². The maximum absolute atomic E-state index is 12.8. The summed E-state index contributed by atoms with van der Waals surface area (Å²) in [5, 5.41) is 8.52. The van der Waals surface area contributed by atoms with Crippen molar-refractivity contribution in [3.05, 3.63) is 23.5 Å². The molecule has 2 aromatic heterocycles. The Balaban J connectivity index is 1.88. The lowest BCUT2D eigenvalue weighted by atomic mass is 10.1. The molecule has 1 atom stereocenters. The first-order valence-electron chi connectivity index (χ1n) is 8.30. The molecule has 3 heterocycles. The normalized spacial score (nSPS) is 18.3. The van der Waals surface area contributed by atoms with Crippen molar-refractivity contribution in [2.45, 2.75) is 33.2 Å². The molecule has 1 aliphatic heterocycles. The summed E-state index contributed by atoms with van der Waals surface area (Å²) < 4.78 is 1.90. The SMILES string of the molecule is CNCC1CCN(C(=O)c2cc3cnn(C(C)C)c3nc2C)C1. The molecule has 0 saturated carbocycles. The highest BCUT2D eigenvalue weighted by Crippen LogP contribution is 2.23. The lowest BCUT2D eigenvalue weighted by molar-refractivity contribution is 0.0786. The number of aryl methyl sites for hydroxylation is 1. The van der Waals surface area contributed by atoms with Crippen LogP contribution in [-0.4, -0.2) is 52.3 Å². The number of fused-ring (bicyclic) bond motifs is 1. The van der Waals surface area contributed by atoms with Gasteiger partial charge in [0, 0.05) is 24.5 Å². The van der Waals surface area contributed by atoms with Gasteiger partial charge in [0.2, 0.25) is 0 Å². The molecular formula is C17H25N5O. The number of hydrogen-bond acceptors (Lipinski definition) is 4. The fourth-order valence-electron chi connectivity index (χ4n) is 3.30. The standard InChI is InChI=1S/C17H25N5O/c1-11(2)22-16-14(9-19-22)7-15(12(3)20-16)17(23)21-6-5-13(10-21)8-18-4/h7,9,11,13,18H,5-6,8,10H2,1-4H3. The second-order valence-corrected chi connectivity index (χ2v) is 6.68. The highest BCUT2D eigenvalue weighted by Gasteiger charge is 2.28. The van der Waals surface area contributed by atoms with E-state index in [2.05, 4.69) is 29.2 Å². The van der Waals surface area contributed by atoms with Crippen LogP contribution in [0.1, 0.15) is 42.4 Å². The maximum atomic E-state index is 12.8. The Hall–Kier alpha value is -1.95. The summed E-state index contributed by atoms with van der Waals surface area (Å²) in [7, 11) is 1.96. The summed E-state index contributed by atoms with van der Waals surface area (Å²) in [6.45, 7) is 8.67. The molecule has 1 saturated heterocycles. The summed E-state index contributed by atoms with van der Waals surface area (Å²) in [5.74, 6) is 0.637. The van der Waals surface area contributed by atoms with Gasteiger partial charge >= 0.3 is 0 Å². The van der Waals surface area contributed by atoms with E-state index in [9.17, 15) is 4.79 Å². The Morgan fingerprint density at radius 2 is 2.26 bits per heavy atom. The van der Waals surface area contributed by atoms with Gasteiger partial charge in [-0.1, -0.05) is 0 Å². The van der Waals surface area contributed by atoms with Crippen molar-refractivity contribution < 1.29 is 4.79 Å². The predicted molar refractivity (Wildman–Crippen MR) is 90.6 cm³/mol. The summed E-state index contributed by atoms with van der Waals surface area (Å²) >= 11 is 0. The Morgan fingerprint density at radius 1 is 1.48 bits per heavy atom. The van der Waals surface area contributed by atoms with E-state index in [1.165, 1.54) is 0 Å². The van der Waals surface area contributed by atoms with Crippen LogP contribution in [0.25, 0.3) is 11.0 Å². The fourth-order valence-corrected chi connectivity index (χ4v) is 3.30. The molecule has 0 radical (unpaired) electrons. The molecule has 3 rings (SSSR count).